The molecule has 2 amide bonds. The summed E-state index contributed by atoms with van der Waals surface area (Å²) >= 11 is 0. The number of hydrogen-bond acceptors (Lipinski definition) is 4. The molecule has 0 aliphatic carbocycles. The van der Waals surface area contributed by atoms with E-state index in [4.69, 9.17) is 0 Å². The van der Waals surface area contributed by atoms with Gasteiger partial charge < -0.3 is 15.3 Å². The molecule has 2 N–H and O–H groups in total. The minimum absolute atomic E-state index is 0.0907. The normalized spacial score (nSPS) is 19.2. The third-order valence-corrected chi connectivity index (χ3v) is 4.36. The molecule has 1 aliphatic heterocycles. The second kappa shape index (κ2) is 6.95. The molecule has 2 atom stereocenters. The number of urea groups is 1. The quantitative estimate of drug-likeness (QED) is 0.877. The van der Waals surface area contributed by atoms with Gasteiger partial charge in [0.25, 0.3) is 0 Å². The Morgan fingerprint density at radius 2 is 2.35 bits per heavy atom. The third-order valence-electron chi connectivity index (χ3n) is 4.36. The van der Waals surface area contributed by atoms with E-state index < -0.39 is 0 Å². The summed E-state index contributed by atoms with van der Waals surface area (Å²) in [5.74, 6) is 0.952. The van der Waals surface area contributed by atoms with Gasteiger partial charge in [0.05, 0.1) is 6.04 Å². The maximum atomic E-state index is 12.5. The van der Waals surface area contributed by atoms with Crippen LogP contribution in [0.5, 0.6) is 0 Å². The second-order valence-electron chi connectivity index (χ2n) is 6.06. The summed E-state index contributed by atoms with van der Waals surface area (Å²) in [4.78, 5) is 14.3. The van der Waals surface area contributed by atoms with Crippen LogP contribution in [0.1, 0.15) is 38.1 Å². The fourth-order valence-corrected chi connectivity index (χ4v) is 3.06. The average Bonchev–Trinajstić information content (AvgIpc) is 3.21. The van der Waals surface area contributed by atoms with Gasteiger partial charge in [-0.15, -0.1) is 10.2 Å². The molecule has 0 bridgehead atoms. The van der Waals surface area contributed by atoms with Crippen LogP contribution in [0.25, 0.3) is 5.65 Å². The molecule has 1 fully saturated rings. The number of pyridine rings is 1. The zero-order chi connectivity index (χ0) is 16.2. The van der Waals surface area contributed by atoms with Crippen molar-refractivity contribution in [3.63, 3.8) is 0 Å². The van der Waals surface area contributed by atoms with Crippen molar-refractivity contribution in [3.8, 4) is 0 Å². The number of aliphatic hydroxyl groups excluding tert-OH is 1. The number of hydrogen-bond donors (Lipinski definition) is 2. The van der Waals surface area contributed by atoms with Crippen LogP contribution in [0.15, 0.2) is 24.4 Å². The van der Waals surface area contributed by atoms with Crippen LogP contribution in [0.4, 0.5) is 4.79 Å². The first-order valence-electron chi connectivity index (χ1n) is 8.19. The number of rotatable bonds is 5. The standard InChI is InChI=1S/C16H23N5O2/c1-2-5-13(15-19-18-14-6-3-4-8-21(14)15)17-16(23)20-9-7-12(10-20)11-22/h3-4,6,8,12-13,22H,2,5,7,9-11H2,1H3,(H,17,23). The molecule has 2 aromatic rings. The van der Waals surface area contributed by atoms with Gasteiger partial charge in [0.2, 0.25) is 0 Å². The molecule has 23 heavy (non-hydrogen) atoms. The molecule has 2 aromatic heterocycles. The summed E-state index contributed by atoms with van der Waals surface area (Å²) in [6, 6.07) is 5.48. The van der Waals surface area contributed by atoms with Gasteiger partial charge in [0.1, 0.15) is 0 Å². The van der Waals surface area contributed by atoms with Crippen molar-refractivity contribution in [2.75, 3.05) is 19.7 Å². The minimum Gasteiger partial charge on any atom is -0.396 e. The summed E-state index contributed by atoms with van der Waals surface area (Å²) in [7, 11) is 0. The number of nitrogens with zero attached hydrogens (tertiary/aromatic N) is 4. The van der Waals surface area contributed by atoms with Gasteiger partial charge in [0, 0.05) is 31.8 Å². The van der Waals surface area contributed by atoms with Crippen LogP contribution < -0.4 is 5.32 Å². The summed E-state index contributed by atoms with van der Waals surface area (Å²) in [6.07, 6.45) is 4.51. The van der Waals surface area contributed by atoms with Crippen molar-refractivity contribution < 1.29 is 9.90 Å². The van der Waals surface area contributed by atoms with E-state index in [9.17, 15) is 9.90 Å². The molecule has 2 unspecified atom stereocenters. The molecule has 0 saturated carbocycles. The average molecular weight is 317 g/mol. The molecule has 0 spiro atoms. The maximum absolute atomic E-state index is 12.5. The smallest absolute Gasteiger partial charge is 0.317 e. The maximum Gasteiger partial charge on any atom is 0.317 e. The van der Waals surface area contributed by atoms with E-state index >= 15 is 0 Å². The van der Waals surface area contributed by atoms with Gasteiger partial charge in [0.15, 0.2) is 11.5 Å². The first kappa shape index (κ1) is 15.7. The molecule has 1 aliphatic rings. The first-order chi connectivity index (χ1) is 11.2. The number of fused-ring (bicyclic) bond motifs is 1. The zero-order valence-corrected chi connectivity index (χ0v) is 13.4. The van der Waals surface area contributed by atoms with Crippen LogP contribution in [-0.4, -0.2) is 50.3 Å². The van der Waals surface area contributed by atoms with Gasteiger partial charge in [-0.05, 0) is 25.0 Å². The molecule has 3 heterocycles. The molecular formula is C16H23N5O2. The van der Waals surface area contributed by atoms with E-state index in [0.717, 1.165) is 30.7 Å². The summed E-state index contributed by atoms with van der Waals surface area (Å²) < 4.78 is 1.92. The van der Waals surface area contributed by atoms with E-state index in [-0.39, 0.29) is 24.6 Å². The number of likely N-dealkylation sites (tertiary alicyclic amines) is 1. The van der Waals surface area contributed by atoms with E-state index in [0.29, 0.717) is 13.1 Å². The molecule has 3 rings (SSSR count). The number of carbonyl (C=O) groups is 1. The highest BCUT2D eigenvalue weighted by atomic mass is 16.3. The van der Waals surface area contributed by atoms with Crippen LogP contribution in [0.3, 0.4) is 0 Å². The number of aromatic nitrogens is 3. The Morgan fingerprint density at radius 3 is 3.09 bits per heavy atom. The number of nitrogens with one attached hydrogen (secondary N) is 1. The molecule has 124 valence electrons. The monoisotopic (exact) mass is 317 g/mol. The SMILES string of the molecule is CCCC(NC(=O)N1CCC(CO)C1)c1nnc2ccccn12. The zero-order valence-electron chi connectivity index (χ0n) is 13.4. The van der Waals surface area contributed by atoms with Gasteiger partial charge in [-0.25, -0.2) is 4.79 Å². The largest absolute Gasteiger partial charge is 0.396 e. The van der Waals surface area contributed by atoms with Crippen LogP contribution in [-0.2, 0) is 0 Å². The van der Waals surface area contributed by atoms with Crippen LogP contribution >= 0.6 is 0 Å². The van der Waals surface area contributed by atoms with Crippen LogP contribution in [0.2, 0.25) is 0 Å². The van der Waals surface area contributed by atoms with Crippen molar-refractivity contribution in [2.24, 2.45) is 5.92 Å². The second-order valence-corrected chi connectivity index (χ2v) is 6.06. The van der Waals surface area contributed by atoms with Crippen molar-refractivity contribution >= 4 is 11.7 Å². The fraction of sp³-hybridized carbons (Fsp3) is 0.562. The lowest BCUT2D eigenvalue weighted by atomic mass is 10.1. The van der Waals surface area contributed by atoms with E-state index in [1.54, 1.807) is 4.90 Å². The Hall–Kier alpha value is -2.15. The van der Waals surface area contributed by atoms with Crippen molar-refractivity contribution in [3.05, 3.63) is 30.2 Å². The molecule has 1 saturated heterocycles. The molecular weight excluding hydrogens is 294 g/mol. The highest BCUT2D eigenvalue weighted by molar-refractivity contribution is 5.75. The molecule has 7 heteroatoms. The van der Waals surface area contributed by atoms with Gasteiger partial charge in [-0.2, -0.15) is 0 Å². The Kier molecular flexibility index (Phi) is 4.76. The van der Waals surface area contributed by atoms with Crippen LogP contribution in [0, 0.1) is 5.92 Å². The summed E-state index contributed by atoms with van der Waals surface area (Å²) in [5, 5.41) is 20.7. The lowest BCUT2D eigenvalue weighted by Crippen LogP contribution is -2.41. The fourth-order valence-electron chi connectivity index (χ4n) is 3.06. The number of carbonyl (C=O) groups excluding carboxylic acids is 1. The Labute approximate surface area is 135 Å². The van der Waals surface area contributed by atoms with Gasteiger partial charge in [-0.1, -0.05) is 19.4 Å². The van der Waals surface area contributed by atoms with Crippen molar-refractivity contribution in [1.29, 1.82) is 0 Å². The Morgan fingerprint density at radius 1 is 1.48 bits per heavy atom. The lowest BCUT2D eigenvalue weighted by molar-refractivity contribution is 0.193. The molecule has 0 radical (unpaired) electrons. The van der Waals surface area contributed by atoms with E-state index in [1.165, 1.54) is 0 Å². The first-order valence-corrected chi connectivity index (χ1v) is 8.19. The third kappa shape index (κ3) is 3.29. The van der Waals surface area contributed by atoms with E-state index in [2.05, 4.69) is 22.4 Å². The van der Waals surface area contributed by atoms with Crippen molar-refractivity contribution in [2.45, 2.75) is 32.2 Å². The predicted molar refractivity (Wildman–Crippen MR) is 85.9 cm³/mol. The Bertz CT molecular complexity index is 671. The summed E-state index contributed by atoms with van der Waals surface area (Å²) in [5.41, 5.74) is 0.777. The predicted octanol–water partition coefficient (Wildman–Crippen LogP) is 1.59. The van der Waals surface area contributed by atoms with Gasteiger partial charge in [-0.3, -0.25) is 4.40 Å². The molecule has 0 aromatic carbocycles. The van der Waals surface area contributed by atoms with E-state index in [1.807, 2.05) is 28.8 Å². The number of amides is 2. The summed E-state index contributed by atoms with van der Waals surface area (Å²) in [6.45, 7) is 3.52. The van der Waals surface area contributed by atoms with Gasteiger partial charge >= 0.3 is 6.03 Å². The Balaban J connectivity index is 1.75. The highest BCUT2D eigenvalue weighted by Crippen LogP contribution is 2.20. The minimum atomic E-state index is -0.168. The molecule has 7 nitrogen and oxygen atoms in total. The number of aliphatic hydroxyl groups is 1. The highest BCUT2D eigenvalue weighted by Gasteiger charge is 2.28. The van der Waals surface area contributed by atoms with Crippen molar-refractivity contribution in [1.82, 2.24) is 24.8 Å². The topological polar surface area (TPSA) is 82.8 Å². The lowest BCUT2D eigenvalue weighted by Gasteiger charge is -2.22.